The van der Waals surface area contributed by atoms with Crippen LogP contribution in [0.3, 0.4) is 0 Å². The highest BCUT2D eigenvalue weighted by Gasteiger charge is 2.29. The van der Waals surface area contributed by atoms with Gasteiger partial charge in [0.15, 0.2) is 0 Å². The van der Waals surface area contributed by atoms with Crippen LogP contribution in [-0.2, 0) is 22.7 Å². The van der Waals surface area contributed by atoms with Crippen molar-refractivity contribution in [2.75, 3.05) is 20.2 Å². The van der Waals surface area contributed by atoms with Crippen molar-refractivity contribution in [3.05, 3.63) is 58.6 Å². The highest BCUT2D eigenvalue weighted by Crippen LogP contribution is 2.30. The summed E-state index contributed by atoms with van der Waals surface area (Å²) in [7, 11) is 1.80. The second-order valence-corrected chi connectivity index (χ2v) is 7.89. The van der Waals surface area contributed by atoms with E-state index in [1.165, 1.54) is 0 Å². The summed E-state index contributed by atoms with van der Waals surface area (Å²) in [4.78, 5) is 32.0. The maximum absolute atomic E-state index is 12.3. The summed E-state index contributed by atoms with van der Waals surface area (Å²) in [5, 5.41) is 3.44. The number of halogens is 1. The average Bonchev–Trinajstić information content (AvgIpc) is 3.09. The van der Waals surface area contributed by atoms with Gasteiger partial charge in [0, 0.05) is 37.1 Å². The van der Waals surface area contributed by atoms with E-state index < -0.39 is 0 Å². The van der Waals surface area contributed by atoms with Gasteiger partial charge in [0.2, 0.25) is 17.8 Å². The van der Waals surface area contributed by atoms with E-state index in [9.17, 15) is 9.59 Å². The lowest BCUT2D eigenvalue weighted by Gasteiger charge is -2.23. The molecule has 2 aromatic carbocycles. The molecule has 156 valence electrons. The Balaban J connectivity index is 1.23. The quantitative estimate of drug-likeness (QED) is 0.690. The molecule has 2 aromatic rings. The summed E-state index contributed by atoms with van der Waals surface area (Å²) in [5.41, 5.74) is 2.91. The fourth-order valence-electron chi connectivity index (χ4n) is 3.48. The molecule has 0 atom stereocenters. The number of nitrogens with one attached hydrogen (secondary N) is 1. The minimum atomic E-state index is -0.0382. The lowest BCUT2D eigenvalue weighted by molar-refractivity contribution is -0.130. The van der Waals surface area contributed by atoms with Crippen LogP contribution in [0.4, 0.5) is 5.69 Å². The van der Waals surface area contributed by atoms with Crippen LogP contribution in [0.5, 0.6) is 5.75 Å². The van der Waals surface area contributed by atoms with Gasteiger partial charge in [-0.3, -0.25) is 14.9 Å². The standard InChI is InChI=1S/C22H23ClN4O3/c1-26(12-15-4-6-17(23)7-5-15)21(29)3-2-10-30-18-8-9-19-16(11-18)13-27-14-20(28)25-22(27)24-19/h4-9,11H,2-3,10,12-14H2,1H3,(H,24,25,28). The minimum absolute atomic E-state index is 0.0382. The Morgan fingerprint density at radius 3 is 2.83 bits per heavy atom. The zero-order chi connectivity index (χ0) is 21.1. The van der Waals surface area contributed by atoms with E-state index in [4.69, 9.17) is 16.3 Å². The highest BCUT2D eigenvalue weighted by atomic mass is 35.5. The Bertz CT molecular complexity index is 990. The number of rotatable bonds is 7. The summed E-state index contributed by atoms with van der Waals surface area (Å²) in [5.74, 6) is 1.39. The molecule has 1 N–H and O–H groups in total. The Hall–Kier alpha value is -3.06. The Morgan fingerprint density at radius 1 is 1.23 bits per heavy atom. The number of carbonyl (C=O) groups excluding carboxylic acids is 2. The van der Waals surface area contributed by atoms with Crippen LogP contribution in [0.2, 0.25) is 5.02 Å². The number of aliphatic imine (C=N–C) groups is 1. The smallest absolute Gasteiger partial charge is 0.246 e. The van der Waals surface area contributed by atoms with Crippen molar-refractivity contribution in [2.45, 2.75) is 25.9 Å². The molecule has 2 amide bonds. The Labute approximate surface area is 180 Å². The largest absolute Gasteiger partial charge is 0.494 e. The van der Waals surface area contributed by atoms with Gasteiger partial charge in [-0.1, -0.05) is 23.7 Å². The molecule has 0 aliphatic carbocycles. The zero-order valence-electron chi connectivity index (χ0n) is 16.7. The Kier molecular flexibility index (Phi) is 5.90. The van der Waals surface area contributed by atoms with Crippen molar-refractivity contribution >= 4 is 35.1 Å². The molecule has 7 nitrogen and oxygen atoms in total. The number of carbonyl (C=O) groups is 2. The maximum atomic E-state index is 12.3. The molecule has 0 radical (unpaired) electrons. The topological polar surface area (TPSA) is 74.2 Å². The second-order valence-electron chi connectivity index (χ2n) is 7.46. The maximum Gasteiger partial charge on any atom is 0.246 e. The number of fused-ring (bicyclic) bond motifs is 2. The van der Waals surface area contributed by atoms with Crippen molar-refractivity contribution in [1.82, 2.24) is 15.1 Å². The second kappa shape index (κ2) is 8.75. The van der Waals surface area contributed by atoms with E-state index in [2.05, 4.69) is 10.3 Å². The third-order valence-electron chi connectivity index (χ3n) is 5.09. The van der Waals surface area contributed by atoms with Crippen LogP contribution < -0.4 is 10.1 Å². The van der Waals surface area contributed by atoms with Gasteiger partial charge >= 0.3 is 0 Å². The minimum Gasteiger partial charge on any atom is -0.494 e. The van der Waals surface area contributed by atoms with Crippen LogP contribution >= 0.6 is 11.6 Å². The zero-order valence-corrected chi connectivity index (χ0v) is 17.5. The van der Waals surface area contributed by atoms with E-state index in [-0.39, 0.29) is 11.8 Å². The number of amides is 2. The summed E-state index contributed by atoms with van der Waals surface area (Å²) in [6, 6.07) is 13.2. The van der Waals surface area contributed by atoms with Crippen molar-refractivity contribution in [1.29, 1.82) is 0 Å². The van der Waals surface area contributed by atoms with E-state index in [0.29, 0.717) is 50.1 Å². The van der Waals surface area contributed by atoms with E-state index in [0.717, 1.165) is 22.6 Å². The molecule has 0 spiro atoms. The van der Waals surface area contributed by atoms with E-state index in [1.54, 1.807) is 11.9 Å². The average molecular weight is 427 g/mol. The van der Waals surface area contributed by atoms with Crippen LogP contribution in [-0.4, -0.2) is 47.8 Å². The van der Waals surface area contributed by atoms with Gasteiger partial charge in [-0.25, -0.2) is 4.99 Å². The molecular weight excluding hydrogens is 404 g/mol. The molecule has 1 saturated heterocycles. The molecule has 2 aliphatic rings. The number of nitrogens with zero attached hydrogens (tertiary/aromatic N) is 3. The van der Waals surface area contributed by atoms with Gasteiger partial charge in [-0.05, 0) is 42.3 Å². The molecular formula is C22H23ClN4O3. The first kappa shape index (κ1) is 20.2. The van der Waals surface area contributed by atoms with Gasteiger partial charge in [-0.15, -0.1) is 0 Å². The summed E-state index contributed by atoms with van der Waals surface area (Å²) < 4.78 is 5.83. The van der Waals surface area contributed by atoms with Gasteiger partial charge in [0.1, 0.15) is 12.3 Å². The molecule has 8 heteroatoms. The summed E-state index contributed by atoms with van der Waals surface area (Å²) in [6.07, 6.45) is 1.05. The van der Waals surface area contributed by atoms with Gasteiger partial charge < -0.3 is 14.5 Å². The van der Waals surface area contributed by atoms with Gasteiger partial charge in [0.05, 0.1) is 12.3 Å². The van der Waals surface area contributed by atoms with Crippen molar-refractivity contribution < 1.29 is 14.3 Å². The van der Waals surface area contributed by atoms with Crippen molar-refractivity contribution in [3.63, 3.8) is 0 Å². The van der Waals surface area contributed by atoms with E-state index in [1.807, 2.05) is 47.4 Å². The normalized spacial score (nSPS) is 14.5. The first-order chi connectivity index (χ1) is 14.5. The number of guanidine groups is 1. The fourth-order valence-corrected chi connectivity index (χ4v) is 3.61. The monoisotopic (exact) mass is 426 g/mol. The van der Waals surface area contributed by atoms with Crippen LogP contribution in [0.1, 0.15) is 24.0 Å². The van der Waals surface area contributed by atoms with Crippen LogP contribution in [0.25, 0.3) is 0 Å². The van der Waals surface area contributed by atoms with E-state index >= 15 is 0 Å². The molecule has 4 rings (SSSR count). The van der Waals surface area contributed by atoms with Crippen molar-refractivity contribution in [2.24, 2.45) is 4.99 Å². The first-order valence-electron chi connectivity index (χ1n) is 9.85. The molecule has 2 aliphatic heterocycles. The molecule has 0 saturated carbocycles. The number of ether oxygens (including phenoxy) is 1. The van der Waals surface area contributed by atoms with Gasteiger partial charge in [-0.2, -0.15) is 0 Å². The number of hydrogen-bond donors (Lipinski definition) is 1. The molecule has 2 heterocycles. The first-order valence-corrected chi connectivity index (χ1v) is 10.2. The van der Waals surface area contributed by atoms with Crippen molar-refractivity contribution in [3.8, 4) is 5.75 Å². The van der Waals surface area contributed by atoms with Gasteiger partial charge in [0.25, 0.3) is 0 Å². The lowest BCUT2D eigenvalue weighted by Crippen LogP contribution is -2.32. The third-order valence-corrected chi connectivity index (χ3v) is 5.34. The number of benzene rings is 2. The summed E-state index contributed by atoms with van der Waals surface area (Å²) >= 11 is 5.90. The predicted octanol–water partition coefficient (Wildman–Crippen LogP) is 3.09. The van der Waals surface area contributed by atoms with Crippen LogP contribution in [0, 0.1) is 0 Å². The Morgan fingerprint density at radius 2 is 2.03 bits per heavy atom. The highest BCUT2D eigenvalue weighted by molar-refractivity contribution is 6.30. The van der Waals surface area contributed by atoms with Crippen LogP contribution in [0.15, 0.2) is 47.5 Å². The molecule has 0 aromatic heterocycles. The molecule has 1 fully saturated rings. The molecule has 30 heavy (non-hydrogen) atoms. The summed E-state index contributed by atoms with van der Waals surface area (Å²) in [6.45, 7) is 1.96. The number of hydrogen-bond acceptors (Lipinski definition) is 5. The molecule has 0 unspecified atom stereocenters. The lowest BCUT2D eigenvalue weighted by atomic mass is 10.1. The fraction of sp³-hybridized carbons (Fsp3) is 0.318. The predicted molar refractivity (Wildman–Crippen MR) is 115 cm³/mol. The molecule has 0 bridgehead atoms. The third kappa shape index (κ3) is 4.74. The SMILES string of the molecule is CN(Cc1ccc(Cl)cc1)C(=O)CCCOc1ccc2c(c1)CN1CC(=O)NC1=N2.